The van der Waals surface area contributed by atoms with Crippen molar-refractivity contribution in [1.29, 1.82) is 0 Å². The number of rotatable bonds is 6. The molecule has 7 heteroatoms. The first-order valence-electron chi connectivity index (χ1n) is 7.43. The van der Waals surface area contributed by atoms with Gasteiger partial charge in [0.15, 0.2) is 5.78 Å². The average Bonchev–Trinajstić information content (AvgIpc) is 2.56. The first-order valence-corrected chi connectivity index (χ1v) is 7.81. The van der Waals surface area contributed by atoms with E-state index in [1.54, 1.807) is 6.92 Å². The van der Waals surface area contributed by atoms with Crippen molar-refractivity contribution in [3.05, 3.63) is 70.0 Å². The molecule has 0 radical (unpaired) electrons. The summed E-state index contributed by atoms with van der Waals surface area (Å²) in [5.41, 5.74) is -0.0852. The maximum absolute atomic E-state index is 13.8. The average molecular weight is 371 g/mol. The molecule has 0 spiro atoms. The smallest absolute Gasteiger partial charge is 0.306 e. The molecule has 0 fully saturated rings. The molecule has 132 valence electrons. The van der Waals surface area contributed by atoms with E-state index >= 15 is 0 Å². The third-order valence-electron chi connectivity index (χ3n) is 3.52. The lowest BCUT2D eigenvalue weighted by Gasteiger charge is -2.17. The predicted octanol–water partition coefficient (Wildman–Crippen LogP) is 4.68. The second-order valence-corrected chi connectivity index (χ2v) is 5.60. The Hall–Kier alpha value is -2.34. The van der Waals surface area contributed by atoms with E-state index < -0.39 is 46.6 Å². The molecule has 0 aliphatic heterocycles. The van der Waals surface area contributed by atoms with Gasteiger partial charge in [-0.2, -0.15) is 0 Å². The third kappa shape index (κ3) is 4.60. The van der Waals surface area contributed by atoms with Crippen molar-refractivity contribution < 1.29 is 27.5 Å². The van der Waals surface area contributed by atoms with Crippen molar-refractivity contribution >= 4 is 23.4 Å². The Morgan fingerprint density at radius 3 is 2.32 bits per heavy atom. The minimum atomic E-state index is -1.26. The number of esters is 1. The summed E-state index contributed by atoms with van der Waals surface area (Å²) < 4.78 is 45.2. The molecule has 0 saturated carbocycles. The van der Waals surface area contributed by atoms with Crippen molar-refractivity contribution in [1.82, 2.24) is 0 Å². The van der Waals surface area contributed by atoms with Crippen LogP contribution < -0.4 is 0 Å². The molecule has 0 aromatic heterocycles. The van der Waals surface area contributed by atoms with Gasteiger partial charge in [0, 0.05) is 11.6 Å². The molecule has 0 heterocycles. The van der Waals surface area contributed by atoms with Crippen LogP contribution in [-0.2, 0) is 9.53 Å². The lowest BCUT2D eigenvalue weighted by Crippen LogP contribution is -2.19. The molecule has 1 unspecified atom stereocenters. The number of halogens is 4. The van der Waals surface area contributed by atoms with Gasteiger partial charge in [0.05, 0.1) is 24.0 Å². The fraction of sp³-hybridized carbons (Fsp3) is 0.222. The summed E-state index contributed by atoms with van der Waals surface area (Å²) in [6.07, 6.45) is -0.452. The van der Waals surface area contributed by atoms with E-state index in [0.717, 1.165) is 18.2 Å². The van der Waals surface area contributed by atoms with Gasteiger partial charge < -0.3 is 4.74 Å². The molecule has 25 heavy (non-hydrogen) atoms. The zero-order valence-corrected chi connectivity index (χ0v) is 13.9. The van der Waals surface area contributed by atoms with Crippen LogP contribution in [0.2, 0.25) is 5.02 Å². The number of Topliss-reactive ketones (excluding diaryl/α,β-unsaturated/α-hetero) is 1. The monoisotopic (exact) mass is 370 g/mol. The van der Waals surface area contributed by atoms with E-state index in [1.165, 1.54) is 12.1 Å². The van der Waals surface area contributed by atoms with E-state index in [1.807, 2.05) is 0 Å². The number of hydrogen-bond acceptors (Lipinski definition) is 3. The minimum absolute atomic E-state index is 0.0800. The van der Waals surface area contributed by atoms with E-state index in [2.05, 4.69) is 0 Å². The van der Waals surface area contributed by atoms with Gasteiger partial charge in [-0.25, -0.2) is 13.2 Å². The summed E-state index contributed by atoms with van der Waals surface area (Å²) in [5.74, 6) is -5.13. The largest absolute Gasteiger partial charge is 0.466 e. The van der Waals surface area contributed by atoms with Crippen molar-refractivity contribution in [3.8, 4) is 0 Å². The predicted molar refractivity (Wildman–Crippen MR) is 86.1 cm³/mol. The fourth-order valence-electron chi connectivity index (χ4n) is 2.38. The van der Waals surface area contributed by atoms with Crippen LogP contribution in [0.15, 0.2) is 36.4 Å². The molecule has 0 aliphatic rings. The molecule has 0 bridgehead atoms. The van der Waals surface area contributed by atoms with Crippen LogP contribution in [-0.4, -0.2) is 18.4 Å². The highest BCUT2D eigenvalue weighted by molar-refractivity contribution is 6.32. The normalized spacial score (nSPS) is 11.9. The van der Waals surface area contributed by atoms with Gasteiger partial charge in [-0.1, -0.05) is 11.6 Å². The minimum Gasteiger partial charge on any atom is -0.466 e. The number of benzene rings is 2. The molecule has 0 amide bonds. The van der Waals surface area contributed by atoms with E-state index in [0.29, 0.717) is 6.07 Å². The third-order valence-corrected chi connectivity index (χ3v) is 3.92. The number of hydrogen-bond donors (Lipinski definition) is 0. The second kappa shape index (κ2) is 8.16. The Morgan fingerprint density at radius 1 is 1.08 bits per heavy atom. The number of ketones is 1. The second-order valence-electron chi connectivity index (χ2n) is 5.22. The summed E-state index contributed by atoms with van der Waals surface area (Å²) in [7, 11) is 0. The van der Waals surface area contributed by atoms with Crippen molar-refractivity contribution in [2.45, 2.75) is 19.3 Å². The topological polar surface area (TPSA) is 43.4 Å². The molecule has 2 aromatic rings. The first-order chi connectivity index (χ1) is 11.8. The van der Waals surface area contributed by atoms with Crippen LogP contribution in [0.3, 0.4) is 0 Å². The molecule has 2 rings (SSSR count). The summed E-state index contributed by atoms with van der Waals surface area (Å²) in [6, 6.07) is 6.07. The van der Waals surface area contributed by atoms with Gasteiger partial charge in [0.2, 0.25) is 0 Å². The molecular formula is C18H14ClF3O3. The quantitative estimate of drug-likeness (QED) is 0.421. The summed E-state index contributed by atoms with van der Waals surface area (Å²) >= 11 is 5.87. The van der Waals surface area contributed by atoms with Crippen LogP contribution in [0.5, 0.6) is 0 Å². The van der Waals surface area contributed by atoms with Crippen LogP contribution in [0, 0.1) is 17.5 Å². The van der Waals surface area contributed by atoms with Crippen LogP contribution in [0.25, 0.3) is 0 Å². The summed E-state index contributed by atoms with van der Waals surface area (Å²) in [5, 5.41) is -0.453. The van der Waals surface area contributed by atoms with Gasteiger partial charge in [0.1, 0.15) is 17.5 Å². The highest BCUT2D eigenvalue weighted by Crippen LogP contribution is 2.33. The van der Waals surface area contributed by atoms with Gasteiger partial charge >= 0.3 is 5.97 Å². The SMILES string of the molecule is CCOC(=O)CC(C(=O)c1ccc(F)cc1)c1cc(F)cc(F)c1Cl. The molecule has 0 N–H and O–H groups in total. The van der Waals surface area contributed by atoms with E-state index in [-0.39, 0.29) is 17.7 Å². The number of carbonyl (C=O) groups is 2. The zero-order valence-electron chi connectivity index (χ0n) is 13.2. The zero-order chi connectivity index (χ0) is 18.6. The Bertz CT molecular complexity index is 791. The Kier molecular flexibility index (Phi) is 6.20. The highest BCUT2D eigenvalue weighted by Gasteiger charge is 2.29. The molecule has 0 aliphatic carbocycles. The Morgan fingerprint density at radius 2 is 1.72 bits per heavy atom. The van der Waals surface area contributed by atoms with Gasteiger partial charge in [-0.05, 0) is 42.8 Å². The number of carbonyl (C=O) groups excluding carboxylic acids is 2. The Labute approximate surface area is 147 Å². The summed E-state index contributed by atoms with van der Waals surface area (Å²) in [4.78, 5) is 24.6. The standard InChI is InChI=1S/C18H14ClF3O3/c1-2-25-16(23)9-14(13-7-12(21)8-15(22)17(13)19)18(24)10-3-5-11(20)6-4-10/h3-8,14H,2,9H2,1H3. The molecule has 0 saturated heterocycles. The van der Waals surface area contributed by atoms with Crippen molar-refractivity contribution in [2.75, 3.05) is 6.61 Å². The van der Waals surface area contributed by atoms with Gasteiger partial charge in [0.25, 0.3) is 0 Å². The van der Waals surface area contributed by atoms with E-state index in [4.69, 9.17) is 16.3 Å². The summed E-state index contributed by atoms with van der Waals surface area (Å²) in [6.45, 7) is 1.67. The highest BCUT2D eigenvalue weighted by atomic mass is 35.5. The van der Waals surface area contributed by atoms with Crippen LogP contribution in [0.4, 0.5) is 13.2 Å². The molecule has 2 aromatic carbocycles. The van der Waals surface area contributed by atoms with E-state index in [9.17, 15) is 22.8 Å². The lowest BCUT2D eigenvalue weighted by atomic mass is 9.87. The molecule has 1 atom stereocenters. The van der Waals surface area contributed by atoms with Crippen LogP contribution in [0.1, 0.15) is 35.2 Å². The maximum atomic E-state index is 13.8. The first kappa shape index (κ1) is 19.0. The fourth-order valence-corrected chi connectivity index (χ4v) is 2.62. The maximum Gasteiger partial charge on any atom is 0.306 e. The molecular weight excluding hydrogens is 357 g/mol. The van der Waals surface area contributed by atoms with Gasteiger partial charge in [-0.3, -0.25) is 9.59 Å². The molecule has 3 nitrogen and oxygen atoms in total. The Balaban J connectivity index is 2.48. The van der Waals surface area contributed by atoms with Crippen LogP contribution >= 0.6 is 11.6 Å². The number of ether oxygens (including phenoxy) is 1. The van der Waals surface area contributed by atoms with Gasteiger partial charge in [-0.15, -0.1) is 0 Å². The van der Waals surface area contributed by atoms with Crippen molar-refractivity contribution in [2.24, 2.45) is 0 Å². The lowest BCUT2D eigenvalue weighted by molar-refractivity contribution is -0.143. The van der Waals surface area contributed by atoms with Crippen molar-refractivity contribution in [3.63, 3.8) is 0 Å².